The zero-order chi connectivity index (χ0) is 13.2. The standard InChI is InChI=1S/C15H18N2O2/c1-19-13-5-4-11-6-7-16-15(14(11)9-13)17-8-2-3-12(18)10-17/h4-7,9,12,18H,2-3,8,10H2,1H3. The van der Waals surface area contributed by atoms with E-state index < -0.39 is 0 Å². The van der Waals surface area contributed by atoms with Gasteiger partial charge in [0.25, 0.3) is 0 Å². The molecule has 1 aliphatic heterocycles. The fraction of sp³-hybridized carbons (Fsp3) is 0.400. The number of fused-ring (bicyclic) bond motifs is 1. The lowest BCUT2D eigenvalue weighted by Gasteiger charge is -2.31. The minimum absolute atomic E-state index is 0.253. The number of hydrogen-bond donors (Lipinski definition) is 1. The smallest absolute Gasteiger partial charge is 0.136 e. The first-order chi connectivity index (χ1) is 9.28. The third kappa shape index (κ3) is 2.36. The van der Waals surface area contributed by atoms with Gasteiger partial charge in [0.05, 0.1) is 13.2 Å². The highest BCUT2D eigenvalue weighted by Crippen LogP contribution is 2.29. The van der Waals surface area contributed by atoms with Gasteiger partial charge >= 0.3 is 0 Å². The van der Waals surface area contributed by atoms with Gasteiger partial charge in [-0.2, -0.15) is 0 Å². The molecule has 4 heteroatoms. The number of nitrogens with zero attached hydrogens (tertiary/aromatic N) is 2. The molecule has 1 N–H and O–H groups in total. The van der Waals surface area contributed by atoms with Crippen molar-refractivity contribution in [1.29, 1.82) is 0 Å². The third-order valence-electron chi connectivity index (χ3n) is 3.65. The highest BCUT2D eigenvalue weighted by molar-refractivity contribution is 5.93. The van der Waals surface area contributed by atoms with Crippen LogP contribution in [-0.4, -0.2) is 36.4 Å². The SMILES string of the molecule is COc1ccc2ccnc(N3CCCC(O)C3)c2c1. The van der Waals surface area contributed by atoms with Gasteiger partial charge in [-0.3, -0.25) is 0 Å². The number of benzene rings is 1. The van der Waals surface area contributed by atoms with Crippen LogP contribution in [0.3, 0.4) is 0 Å². The Kier molecular flexibility index (Phi) is 3.25. The summed E-state index contributed by atoms with van der Waals surface area (Å²) in [6.45, 7) is 1.60. The molecule has 2 aromatic rings. The molecule has 0 spiro atoms. The van der Waals surface area contributed by atoms with Crippen LogP contribution in [-0.2, 0) is 0 Å². The van der Waals surface area contributed by atoms with E-state index in [4.69, 9.17) is 4.74 Å². The lowest BCUT2D eigenvalue weighted by atomic mass is 10.1. The molecule has 3 rings (SSSR count). The lowest BCUT2D eigenvalue weighted by Crippen LogP contribution is -2.38. The quantitative estimate of drug-likeness (QED) is 0.897. The summed E-state index contributed by atoms with van der Waals surface area (Å²) >= 11 is 0. The van der Waals surface area contributed by atoms with E-state index in [0.717, 1.165) is 41.7 Å². The second kappa shape index (κ2) is 5.05. The van der Waals surface area contributed by atoms with Crippen LogP contribution in [0.5, 0.6) is 5.75 Å². The number of methoxy groups -OCH3 is 1. The van der Waals surface area contributed by atoms with Crippen molar-refractivity contribution in [2.24, 2.45) is 0 Å². The van der Waals surface area contributed by atoms with Crippen LogP contribution in [0, 0.1) is 0 Å². The lowest BCUT2D eigenvalue weighted by molar-refractivity contribution is 0.154. The second-order valence-corrected chi connectivity index (χ2v) is 4.96. The summed E-state index contributed by atoms with van der Waals surface area (Å²) in [6.07, 6.45) is 3.45. The Balaban J connectivity index is 2.06. The molecule has 1 unspecified atom stereocenters. The van der Waals surface area contributed by atoms with Crippen molar-refractivity contribution < 1.29 is 9.84 Å². The highest BCUT2D eigenvalue weighted by Gasteiger charge is 2.20. The molecule has 19 heavy (non-hydrogen) atoms. The van der Waals surface area contributed by atoms with Gasteiger partial charge in [0.2, 0.25) is 0 Å². The summed E-state index contributed by atoms with van der Waals surface area (Å²) in [5, 5.41) is 12.0. The van der Waals surface area contributed by atoms with Gasteiger partial charge in [-0.25, -0.2) is 4.98 Å². The molecule has 4 nitrogen and oxygen atoms in total. The molecule has 0 saturated carbocycles. The fourth-order valence-corrected chi connectivity index (χ4v) is 2.66. The topological polar surface area (TPSA) is 45.6 Å². The number of rotatable bonds is 2. The van der Waals surface area contributed by atoms with Gasteiger partial charge in [-0.05, 0) is 36.4 Å². The maximum Gasteiger partial charge on any atom is 0.136 e. The summed E-state index contributed by atoms with van der Waals surface area (Å²) in [6, 6.07) is 8.01. The van der Waals surface area contributed by atoms with Crippen LogP contribution in [0.2, 0.25) is 0 Å². The Hall–Kier alpha value is -1.81. The first kappa shape index (κ1) is 12.2. The normalized spacial score (nSPS) is 19.7. The van der Waals surface area contributed by atoms with E-state index in [1.165, 1.54) is 0 Å². The van der Waals surface area contributed by atoms with Crippen molar-refractivity contribution in [1.82, 2.24) is 4.98 Å². The van der Waals surface area contributed by atoms with Gasteiger partial charge in [0.1, 0.15) is 11.6 Å². The van der Waals surface area contributed by atoms with E-state index in [1.54, 1.807) is 7.11 Å². The summed E-state index contributed by atoms with van der Waals surface area (Å²) in [7, 11) is 1.67. The van der Waals surface area contributed by atoms with E-state index in [2.05, 4.69) is 9.88 Å². The van der Waals surface area contributed by atoms with Crippen molar-refractivity contribution in [2.75, 3.05) is 25.1 Å². The molecule has 1 aliphatic rings. The molecule has 2 heterocycles. The predicted molar refractivity (Wildman–Crippen MR) is 75.7 cm³/mol. The maximum absolute atomic E-state index is 9.82. The zero-order valence-electron chi connectivity index (χ0n) is 11.0. The van der Waals surface area contributed by atoms with Gasteiger partial charge in [-0.15, -0.1) is 0 Å². The van der Waals surface area contributed by atoms with Crippen LogP contribution >= 0.6 is 0 Å². The Bertz CT molecular complexity index is 585. The van der Waals surface area contributed by atoms with Crippen LogP contribution in [0.25, 0.3) is 10.8 Å². The second-order valence-electron chi connectivity index (χ2n) is 4.96. The van der Waals surface area contributed by atoms with Gasteiger partial charge < -0.3 is 14.7 Å². The predicted octanol–water partition coefficient (Wildman–Crippen LogP) is 2.20. The van der Waals surface area contributed by atoms with Gasteiger partial charge in [0, 0.05) is 24.7 Å². The van der Waals surface area contributed by atoms with E-state index >= 15 is 0 Å². The molecular weight excluding hydrogens is 240 g/mol. The van der Waals surface area contributed by atoms with E-state index in [0.29, 0.717) is 6.54 Å². The monoisotopic (exact) mass is 258 g/mol. The average molecular weight is 258 g/mol. The number of aliphatic hydroxyl groups is 1. The molecular formula is C15H18N2O2. The number of anilines is 1. The zero-order valence-corrected chi connectivity index (χ0v) is 11.0. The number of β-amino-alcohol motifs (C(OH)–C–C–N with tert-alkyl or cyclic N) is 1. The van der Waals surface area contributed by atoms with E-state index in [9.17, 15) is 5.11 Å². The van der Waals surface area contributed by atoms with E-state index in [-0.39, 0.29) is 6.10 Å². The molecule has 1 fully saturated rings. The summed E-state index contributed by atoms with van der Waals surface area (Å²) in [5.74, 6) is 1.77. The number of piperidine rings is 1. The van der Waals surface area contributed by atoms with Crippen LogP contribution in [0.15, 0.2) is 30.5 Å². The Morgan fingerprint density at radius 2 is 2.26 bits per heavy atom. The number of aromatic nitrogens is 1. The molecule has 0 aliphatic carbocycles. The summed E-state index contributed by atoms with van der Waals surface area (Å²) in [5.41, 5.74) is 0. The number of aliphatic hydroxyl groups excluding tert-OH is 1. The average Bonchev–Trinajstić information content (AvgIpc) is 2.46. The van der Waals surface area contributed by atoms with Crippen molar-refractivity contribution in [2.45, 2.75) is 18.9 Å². The molecule has 1 saturated heterocycles. The third-order valence-corrected chi connectivity index (χ3v) is 3.65. The van der Waals surface area contributed by atoms with Crippen molar-refractivity contribution >= 4 is 16.6 Å². The number of pyridine rings is 1. The largest absolute Gasteiger partial charge is 0.497 e. The highest BCUT2D eigenvalue weighted by atomic mass is 16.5. The number of hydrogen-bond acceptors (Lipinski definition) is 4. The Morgan fingerprint density at radius 1 is 1.37 bits per heavy atom. The molecule has 0 bridgehead atoms. The Labute approximate surface area is 112 Å². The van der Waals surface area contributed by atoms with Gasteiger partial charge in [0.15, 0.2) is 0 Å². The van der Waals surface area contributed by atoms with Gasteiger partial charge in [-0.1, -0.05) is 6.07 Å². The van der Waals surface area contributed by atoms with Crippen LogP contribution in [0.4, 0.5) is 5.82 Å². The summed E-state index contributed by atoms with van der Waals surface area (Å²) < 4.78 is 5.29. The molecule has 0 amide bonds. The van der Waals surface area contributed by atoms with Crippen molar-refractivity contribution in [3.63, 3.8) is 0 Å². The minimum Gasteiger partial charge on any atom is -0.497 e. The maximum atomic E-state index is 9.82. The van der Waals surface area contributed by atoms with E-state index in [1.807, 2.05) is 30.5 Å². The molecule has 1 aromatic carbocycles. The Morgan fingerprint density at radius 3 is 3.05 bits per heavy atom. The fourth-order valence-electron chi connectivity index (χ4n) is 2.66. The molecule has 1 atom stereocenters. The molecule has 100 valence electrons. The first-order valence-corrected chi connectivity index (χ1v) is 6.63. The number of ether oxygens (including phenoxy) is 1. The molecule has 1 aromatic heterocycles. The minimum atomic E-state index is -0.253. The summed E-state index contributed by atoms with van der Waals surface area (Å²) in [4.78, 5) is 6.66. The molecule has 0 radical (unpaired) electrons. The first-order valence-electron chi connectivity index (χ1n) is 6.63. The van der Waals surface area contributed by atoms with Crippen LogP contribution < -0.4 is 9.64 Å². The van der Waals surface area contributed by atoms with Crippen molar-refractivity contribution in [3.8, 4) is 5.75 Å². The van der Waals surface area contributed by atoms with Crippen LogP contribution in [0.1, 0.15) is 12.8 Å². The van der Waals surface area contributed by atoms with Crippen molar-refractivity contribution in [3.05, 3.63) is 30.5 Å².